The van der Waals surface area contributed by atoms with E-state index in [0.717, 1.165) is 11.1 Å². The summed E-state index contributed by atoms with van der Waals surface area (Å²) < 4.78 is 29.2. The topological polar surface area (TPSA) is 64.0 Å². The van der Waals surface area contributed by atoms with Crippen LogP contribution in [-0.2, 0) is 16.6 Å². The van der Waals surface area contributed by atoms with Gasteiger partial charge in [-0.1, -0.05) is 12.1 Å². The summed E-state index contributed by atoms with van der Waals surface area (Å²) in [5.74, 6) is 0. The highest BCUT2D eigenvalue weighted by molar-refractivity contribution is 7.89. The van der Waals surface area contributed by atoms with Gasteiger partial charge in [-0.2, -0.15) is 5.10 Å². The van der Waals surface area contributed by atoms with Gasteiger partial charge in [0.15, 0.2) is 0 Å². The van der Waals surface area contributed by atoms with Crippen molar-refractivity contribution >= 4 is 10.0 Å². The molecule has 5 nitrogen and oxygen atoms in total. The first-order valence-corrected chi connectivity index (χ1v) is 7.94. The average Bonchev–Trinajstić information content (AvgIpc) is 2.84. The summed E-state index contributed by atoms with van der Waals surface area (Å²) in [6, 6.07) is 6.99. The number of aryl methyl sites for hydroxylation is 2. The van der Waals surface area contributed by atoms with Crippen LogP contribution in [0.5, 0.6) is 0 Å². The Kier molecular flexibility index (Phi) is 4.25. The molecule has 1 aromatic heterocycles. The van der Waals surface area contributed by atoms with Gasteiger partial charge in [0.05, 0.1) is 11.4 Å². The fourth-order valence-corrected chi connectivity index (χ4v) is 3.62. The molecule has 0 saturated heterocycles. The molecule has 1 N–H and O–H groups in total. The molecule has 0 amide bonds. The maximum Gasteiger partial charge on any atom is 0.241 e. The molecule has 0 saturated carbocycles. The normalized spacial score (nSPS) is 13.3. The van der Waals surface area contributed by atoms with Gasteiger partial charge in [0.1, 0.15) is 0 Å². The first-order chi connectivity index (χ1) is 9.38. The van der Waals surface area contributed by atoms with Crippen LogP contribution in [0.1, 0.15) is 18.1 Å². The minimum Gasteiger partial charge on any atom is -0.271 e. The molecule has 0 fully saturated rings. The molecule has 0 aliphatic heterocycles. The van der Waals surface area contributed by atoms with Crippen LogP contribution in [0.25, 0.3) is 0 Å². The van der Waals surface area contributed by atoms with Crippen LogP contribution in [0.3, 0.4) is 0 Å². The zero-order valence-corrected chi connectivity index (χ0v) is 12.7. The Hall–Kier alpha value is -1.66. The Bertz CT molecular complexity index is 678. The highest BCUT2D eigenvalue weighted by Gasteiger charge is 2.19. The van der Waals surface area contributed by atoms with Crippen molar-refractivity contribution in [3.63, 3.8) is 0 Å². The van der Waals surface area contributed by atoms with Crippen molar-refractivity contribution < 1.29 is 8.42 Å². The van der Waals surface area contributed by atoms with Crippen LogP contribution in [0.2, 0.25) is 0 Å². The van der Waals surface area contributed by atoms with E-state index in [1.54, 1.807) is 23.9 Å². The molecule has 0 bridgehead atoms. The molecule has 2 rings (SSSR count). The van der Waals surface area contributed by atoms with Crippen molar-refractivity contribution in [3.8, 4) is 0 Å². The molecule has 108 valence electrons. The first-order valence-electron chi connectivity index (χ1n) is 6.45. The second-order valence-electron chi connectivity index (χ2n) is 5.02. The SMILES string of the molecule is Cc1ccc(C)c(S(=O)(=O)NC(C)Cn2cccn2)c1. The third-order valence-corrected chi connectivity index (χ3v) is 4.74. The third kappa shape index (κ3) is 3.46. The third-order valence-electron chi connectivity index (χ3n) is 3.01. The molecule has 0 radical (unpaired) electrons. The standard InChI is InChI=1S/C14H19N3O2S/c1-11-5-6-12(2)14(9-11)20(18,19)16-13(3)10-17-8-4-7-15-17/h4-9,13,16H,10H2,1-3H3. The zero-order valence-electron chi connectivity index (χ0n) is 11.9. The summed E-state index contributed by atoms with van der Waals surface area (Å²) in [6.07, 6.45) is 3.48. The second-order valence-corrected chi connectivity index (χ2v) is 6.70. The van der Waals surface area contributed by atoms with Gasteiger partial charge in [-0.3, -0.25) is 4.68 Å². The van der Waals surface area contributed by atoms with Crippen molar-refractivity contribution in [2.45, 2.75) is 38.3 Å². The predicted molar refractivity (Wildman–Crippen MR) is 77.9 cm³/mol. The first kappa shape index (κ1) is 14.7. The van der Waals surface area contributed by atoms with Crippen LogP contribution in [-0.4, -0.2) is 24.2 Å². The summed E-state index contributed by atoms with van der Waals surface area (Å²) in [5.41, 5.74) is 1.67. The van der Waals surface area contributed by atoms with Gasteiger partial charge in [0, 0.05) is 18.4 Å². The minimum atomic E-state index is -3.51. The Labute approximate surface area is 119 Å². The van der Waals surface area contributed by atoms with Crippen molar-refractivity contribution in [1.29, 1.82) is 0 Å². The summed E-state index contributed by atoms with van der Waals surface area (Å²) in [6.45, 7) is 6.00. The van der Waals surface area contributed by atoms with Gasteiger partial charge in [-0.15, -0.1) is 0 Å². The minimum absolute atomic E-state index is 0.236. The lowest BCUT2D eigenvalue weighted by Gasteiger charge is -2.16. The second kappa shape index (κ2) is 5.76. The molecule has 20 heavy (non-hydrogen) atoms. The number of nitrogens with one attached hydrogen (secondary N) is 1. The lowest BCUT2D eigenvalue weighted by molar-refractivity contribution is 0.493. The maximum absolute atomic E-state index is 12.4. The highest BCUT2D eigenvalue weighted by atomic mass is 32.2. The van der Waals surface area contributed by atoms with Crippen molar-refractivity contribution in [2.75, 3.05) is 0 Å². The molecule has 0 aliphatic rings. The molecule has 2 aromatic rings. The van der Waals surface area contributed by atoms with Gasteiger partial charge in [-0.05, 0) is 44.0 Å². The highest BCUT2D eigenvalue weighted by Crippen LogP contribution is 2.17. The van der Waals surface area contributed by atoms with E-state index in [4.69, 9.17) is 0 Å². The van der Waals surface area contributed by atoms with Crippen molar-refractivity contribution in [3.05, 3.63) is 47.8 Å². The monoisotopic (exact) mass is 293 g/mol. The smallest absolute Gasteiger partial charge is 0.241 e. The fraction of sp³-hybridized carbons (Fsp3) is 0.357. The van der Waals surface area contributed by atoms with Crippen LogP contribution in [0.15, 0.2) is 41.6 Å². The van der Waals surface area contributed by atoms with E-state index in [2.05, 4.69) is 9.82 Å². The molecule has 1 aromatic carbocycles. The molecule has 1 unspecified atom stereocenters. The number of rotatable bonds is 5. The van der Waals surface area contributed by atoms with Gasteiger partial charge in [0.2, 0.25) is 10.0 Å². The summed E-state index contributed by atoms with van der Waals surface area (Å²) >= 11 is 0. The van der Waals surface area contributed by atoms with Crippen LogP contribution in [0.4, 0.5) is 0 Å². The van der Waals surface area contributed by atoms with Gasteiger partial charge >= 0.3 is 0 Å². The molecular formula is C14H19N3O2S. The number of nitrogens with zero attached hydrogens (tertiary/aromatic N) is 2. The Morgan fingerprint density at radius 2 is 2.10 bits per heavy atom. The molecule has 1 heterocycles. The maximum atomic E-state index is 12.4. The van der Waals surface area contributed by atoms with E-state index in [-0.39, 0.29) is 6.04 Å². The van der Waals surface area contributed by atoms with E-state index in [0.29, 0.717) is 11.4 Å². The van der Waals surface area contributed by atoms with E-state index in [1.165, 1.54) is 0 Å². The largest absolute Gasteiger partial charge is 0.271 e. The molecule has 6 heteroatoms. The number of hydrogen-bond acceptors (Lipinski definition) is 3. The Morgan fingerprint density at radius 1 is 1.35 bits per heavy atom. The predicted octanol–water partition coefficient (Wildman–Crippen LogP) is 1.87. The number of hydrogen-bond donors (Lipinski definition) is 1. The lowest BCUT2D eigenvalue weighted by atomic mass is 10.2. The average molecular weight is 293 g/mol. The van der Waals surface area contributed by atoms with E-state index in [9.17, 15) is 8.42 Å². The quantitative estimate of drug-likeness (QED) is 0.915. The number of aromatic nitrogens is 2. The van der Waals surface area contributed by atoms with Crippen LogP contribution < -0.4 is 4.72 Å². The fourth-order valence-electron chi connectivity index (χ4n) is 2.05. The molecule has 0 spiro atoms. The number of sulfonamides is 1. The lowest BCUT2D eigenvalue weighted by Crippen LogP contribution is -2.36. The van der Waals surface area contributed by atoms with Gasteiger partial charge in [-0.25, -0.2) is 13.1 Å². The Balaban J connectivity index is 2.16. The van der Waals surface area contributed by atoms with E-state index < -0.39 is 10.0 Å². The van der Waals surface area contributed by atoms with Crippen molar-refractivity contribution in [1.82, 2.24) is 14.5 Å². The molecule has 1 atom stereocenters. The summed E-state index contributed by atoms with van der Waals surface area (Å²) in [4.78, 5) is 0.338. The van der Waals surface area contributed by atoms with Crippen LogP contribution >= 0.6 is 0 Å². The molecular weight excluding hydrogens is 274 g/mol. The van der Waals surface area contributed by atoms with E-state index in [1.807, 2.05) is 38.2 Å². The Morgan fingerprint density at radius 3 is 2.75 bits per heavy atom. The zero-order chi connectivity index (χ0) is 14.8. The summed E-state index contributed by atoms with van der Waals surface area (Å²) in [5, 5.41) is 4.07. The van der Waals surface area contributed by atoms with E-state index >= 15 is 0 Å². The summed E-state index contributed by atoms with van der Waals surface area (Å²) in [7, 11) is -3.51. The van der Waals surface area contributed by atoms with Gasteiger partial charge in [0.25, 0.3) is 0 Å². The van der Waals surface area contributed by atoms with Crippen molar-refractivity contribution in [2.24, 2.45) is 0 Å². The van der Waals surface area contributed by atoms with Crippen LogP contribution in [0, 0.1) is 13.8 Å². The molecule has 0 aliphatic carbocycles. The number of benzene rings is 1. The van der Waals surface area contributed by atoms with Gasteiger partial charge < -0.3 is 0 Å².